The Morgan fingerprint density at radius 2 is 2.50 bits per heavy atom. The zero-order valence-corrected chi connectivity index (χ0v) is 4.33. The first-order chi connectivity index (χ1) is 2.89. The van der Waals surface area contributed by atoms with E-state index in [1.165, 1.54) is 0 Å². The average Bonchev–Trinajstić information content (AvgIpc) is 1.86. The van der Waals surface area contributed by atoms with E-state index in [-0.39, 0.29) is 0 Å². The first kappa shape index (κ1) is 4.47. The monoisotopic (exact) mass is 103 g/mol. The first-order valence-electron chi connectivity index (χ1n) is 2.06. The minimum atomic E-state index is -0.478. The molecule has 1 radical (unpaired) electrons. The Balaban J connectivity index is 2.18. The summed E-state index contributed by atoms with van der Waals surface area (Å²) in [5, 5.41) is 0. The minimum Gasteiger partial charge on any atom is -0.616 e. The van der Waals surface area contributed by atoms with Crippen molar-refractivity contribution in [3.8, 4) is 0 Å². The largest absolute Gasteiger partial charge is 0.616 e. The van der Waals surface area contributed by atoms with Crippen LogP contribution in [-0.2, 0) is 11.2 Å². The van der Waals surface area contributed by atoms with Crippen molar-refractivity contribution >= 4 is 11.2 Å². The van der Waals surface area contributed by atoms with Gasteiger partial charge in [0.25, 0.3) is 0 Å². The molecule has 1 aliphatic heterocycles. The molecule has 1 rings (SSSR count). The van der Waals surface area contributed by atoms with Crippen LogP contribution in [0.25, 0.3) is 0 Å². The van der Waals surface area contributed by atoms with Gasteiger partial charge in [0.15, 0.2) is 0 Å². The van der Waals surface area contributed by atoms with E-state index in [0.717, 1.165) is 17.9 Å². The molecule has 1 saturated heterocycles. The fraction of sp³-hybridized carbons (Fsp3) is 0.750. The fourth-order valence-corrected chi connectivity index (χ4v) is 1.54. The SMILES string of the molecule is [O-][S+]1C[CH]CC1. The van der Waals surface area contributed by atoms with Crippen molar-refractivity contribution in [3.63, 3.8) is 0 Å². The Morgan fingerprint density at radius 3 is 2.67 bits per heavy atom. The highest BCUT2D eigenvalue weighted by Gasteiger charge is 2.12. The number of rotatable bonds is 0. The van der Waals surface area contributed by atoms with Crippen LogP contribution in [0.3, 0.4) is 0 Å². The van der Waals surface area contributed by atoms with Crippen molar-refractivity contribution < 1.29 is 4.55 Å². The van der Waals surface area contributed by atoms with Gasteiger partial charge in [0, 0.05) is 6.42 Å². The Hall–Kier alpha value is 0.310. The van der Waals surface area contributed by atoms with E-state index in [9.17, 15) is 4.55 Å². The van der Waals surface area contributed by atoms with Crippen molar-refractivity contribution in [2.45, 2.75) is 6.42 Å². The quantitative estimate of drug-likeness (QED) is 0.405. The maximum Gasteiger partial charge on any atom is 0.109 e. The zero-order chi connectivity index (χ0) is 4.41. The second kappa shape index (κ2) is 1.85. The molecule has 2 heteroatoms. The molecule has 1 atom stereocenters. The lowest BCUT2D eigenvalue weighted by Gasteiger charge is -1.96. The lowest BCUT2D eigenvalue weighted by atomic mass is 10.4. The van der Waals surface area contributed by atoms with E-state index >= 15 is 0 Å². The van der Waals surface area contributed by atoms with Crippen molar-refractivity contribution in [1.82, 2.24) is 0 Å². The summed E-state index contributed by atoms with van der Waals surface area (Å²) >= 11 is -0.478. The number of hydrogen-bond donors (Lipinski definition) is 0. The molecule has 0 N–H and O–H groups in total. The van der Waals surface area contributed by atoms with Crippen LogP contribution >= 0.6 is 0 Å². The van der Waals surface area contributed by atoms with Gasteiger partial charge < -0.3 is 4.55 Å². The maximum atomic E-state index is 10.3. The van der Waals surface area contributed by atoms with Crippen molar-refractivity contribution in [1.29, 1.82) is 0 Å². The molecule has 0 saturated carbocycles. The van der Waals surface area contributed by atoms with E-state index in [2.05, 4.69) is 6.42 Å². The molecule has 0 aliphatic carbocycles. The third-order valence-electron chi connectivity index (χ3n) is 0.853. The molecule has 0 amide bonds. The van der Waals surface area contributed by atoms with E-state index < -0.39 is 11.2 Å². The third kappa shape index (κ3) is 0.884. The van der Waals surface area contributed by atoms with Crippen LogP contribution in [0.2, 0.25) is 0 Å². The smallest absolute Gasteiger partial charge is 0.109 e. The van der Waals surface area contributed by atoms with Gasteiger partial charge in [-0.25, -0.2) is 0 Å². The van der Waals surface area contributed by atoms with Gasteiger partial charge in [-0.2, -0.15) is 0 Å². The van der Waals surface area contributed by atoms with Gasteiger partial charge in [0.2, 0.25) is 0 Å². The third-order valence-corrected chi connectivity index (χ3v) is 2.15. The summed E-state index contributed by atoms with van der Waals surface area (Å²) in [5.74, 6) is 1.74. The van der Waals surface area contributed by atoms with E-state index in [1.807, 2.05) is 0 Å². The Morgan fingerprint density at radius 1 is 1.67 bits per heavy atom. The van der Waals surface area contributed by atoms with Gasteiger partial charge in [-0.05, 0) is 6.42 Å². The Labute approximate surface area is 40.9 Å². The standard InChI is InChI=1S/C4H7OS/c5-6-3-1-2-4-6/h1H,2-4H2. The highest BCUT2D eigenvalue weighted by atomic mass is 32.2. The second-order valence-corrected chi connectivity index (χ2v) is 3.01. The van der Waals surface area contributed by atoms with E-state index in [0.29, 0.717) is 0 Å². The molecule has 1 heterocycles. The Bertz CT molecular complexity index is 40.8. The highest BCUT2D eigenvalue weighted by Crippen LogP contribution is 2.07. The highest BCUT2D eigenvalue weighted by molar-refractivity contribution is 7.91. The molecule has 0 aromatic rings. The molecule has 0 aromatic heterocycles. The summed E-state index contributed by atoms with van der Waals surface area (Å²) in [6, 6.07) is 0. The van der Waals surface area contributed by atoms with Crippen molar-refractivity contribution in [2.24, 2.45) is 0 Å². The molecule has 6 heavy (non-hydrogen) atoms. The van der Waals surface area contributed by atoms with Crippen LogP contribution in [0.1, 0.15) is 6.42 Å². The summed E-state index contributed by atoms with van der Waals surface area (Å²) in [6.45, 7) is 0. The molecular weight excluding hydrogens is 96.1 g/mol. The molecule has 1 fully saturated rings. The zero-order valence-electron chi connectivity index (χ0n) is 3.52. The van der Waals surface area contributed by atoms with Gasteiger partial charge in [-0.3, -0.25) is 0 Å². The van der Waals surface area contributed by atoms with Gasteiger partial charge in [-0.1, -0.05) is 11.2 Å². The second-order valence-electron chi connectivity index (χ2n) is 1.39. The topological polar surface area (TPSA) is 23.1 Å². The normalized spacial score (nSPS) is 25.5. The van der Waals surface area contributed by atoms with Gasteiger partial charge in [0.1, 0.15) is 11.5 Å². The van der Waals surface area contributed by atoms with Gasteiger partial charge in [-0.15, -0.1) is 0 Å². The van der Waals surface area contributed by atoms with Crippen molar-refractivity contribution in [2.75, 3.05) is 11.5 Å². The van der Waals surface area contributed by atoms with Crippen LogP contribution < -0.4 is 0 Å². The summed E-state index contributed by atoms with van der Waals surface area (Å²) < 4.78 is 10.3. The van der Waals surface area contributed by atoms with Crippen LogP contribution in [0.4, 0.5) is 0 Å². The van der Waals surface area contributed by atoms with Crippen LogP contribution in [0.15, 0.2) is 0 Å². The predicted molar refractivity (Wildman–Crippen MR) is 26.8 cm³/mol. The molecule has 35 valence electrons. The maximum absolute atomic E-state index is 10.3. The lowest BCUT2D eigenvalue weighted by Crippen LogP contribution is -1.98. The molecule has 0 bridgehead atoms. The van der Waals surface area contributed by atoms with Gasteiger partial charge in [0.05, 0.1) is 0 Å². The van der Waals surface area contributed by atoms with Crippen molar-refractivity contribution in [3.05, 3.63) is 6.42 Å². The fourth-order valence-electron chi connectivity index (χ4n) is 0.513. The summed E-state index contributed by atoms with van der Waals surface area (Å²) in [6.07, 6.45) is 3.14. The summed E-state index contributed by atoms with van der Waals surface area (Å²) in [4.78, 5) is 0. The van der Waals surface area contributed by atoms with Crippen LogP contribution in [-0.4, -0.2) is 16.1 Å². The average molecular weight is 103 g/mol. The van der Waals surface area contributed by atoms with Gasteiger partial charge >= 0.3 is 0 Å². The van der Waals surface area contributed by atoms with Crippen LogP contribution in [0.5, 0.6) is 0 Å². The minimum absolute atomic E-state index is 0.478. The Kier molecular flexibility index (Phi) is 1.37. The first-order valence-corrected chi connectivity index (χ1v) is 3.55. The molecule has 1 unspecified atom stereocenters. The summed E-state index contributed by atoms with van der Waals surface area (Å²) in [5.41, 5.74) is 0. The van der Waals surface area contributed by atoms with E-state index in [4.69, 9.17) is 0 Å². The lowest BCUT2D eigenvalue weighted by molar-refractivity contribution is 0.601. The molecule has 0 spiro atoms. The van der Waals surface area contributed by atoms with E-state index in [1.54, 1.807) is 0 Å². The molecule has 1 aliphatic rings. The summed E-state index contributed by atoms with van der Waals surface area (Å²) in [7, 11) is 0. The molecular formula is C4H7OS. The molecule has 1 nitrogen and oxygen atoms in total. The van der Waals surface area contributed by atoms with Crippen LogP contribution in [0, 0.1) is 6.42 Å². The number of hydrogen-bond acceptors (Lipinski definition) is 1. The predicted octanol–water partition coefficient (Wildman–Crippen LogP) is 0.343. The molecule has 0 aromatic carbocycles.